The van der Waals surface area contributed by atoms with Crippen LogP contribution in [0.1, 0.15) is 0 Å². The molecule has 0 saturated carbocycles. The van der Waals surface area contributed by atoms with Crippen molar-refractivity contribution < 1.29 is 0 Å². The molecule has 0 atom stereocenters. The van der Waals surface area contributed by atoms with Gasteiger partial charge in [0.25, 0.3) is 0 Å². The van der Waals surface area contributed by atoms with E-state index in [0.29, 0.717) is 0 Å². The van der Waals surface area contributed by atoms with Crippen LogP contribution < -0.4 is 0 Å². The number of hydrogen-bond donors (Lipinski definition) is 0. The summed E-state index contributed by atoms with van der Waals surface area (Å²) in [4.78, 5) is 2.67. The molecular weight excluding hydrogens is 513 g/mol. The molecule has 1 heteroatoms. The predicted octanol–water partition coefficient (Wildman–Crippen LogP) is 11.8. The van der Waals surface area contributed by atoms with Gasteiger partial charge in [-0.3, -0.25) is 0 Å². The summed E-state index contributed by atoms with van der Waals surface area (Å²) in [6.45, 7) is 0. The monoisotopic (exact) mass is 536 g/mol. The minimum absolute atomic E-state index is 1.26. The Morgan fingerprint density at radius 3 is 2.07 bits per heavy atom. The van der Waals surface area contributed by atoms with Crippen LogP contribution in [-0.2, 0) is 0 Å². The van der Waals surface area contributed by atoms with E-state index in [-0.39, 0.29) is 0 Å². The number of rotatable bonds is 2. The van der Waals surface area contributed by atoms with E-state index in [0.717, 1.165) is 0 Å². The van der Waals surface area contributed by atoms with Gasteiger partial charge in [0.2, 0.25) is 0 Å². The molecule has 0 spiro atoms. The first-order valence-electron chi connectivity index (χ1n) is 14.1. The zero-order valence-electron chi connectivity index (χ0n) is 22.3. The summed E-state index contributed by atoms with van der Waals surface area (Å²) in [5.74, 6) is 0. The number of fused-ring (bicyclic) bond motifs is 6. The van der Waals surface area contributed by atoms with Crippen LogP contribution in [0.25, 0.3) is 76.5 Å². The van der Waals surface area contributed by atoms with Gasteiger partial charge >= 0.3 is 0 Å². The van der Waals surface area contributed by atoms with Crippen LogP contribution in [0.2, 0.25) is 0 Å². The van der Waals surface area contributed by atoms with Gasteiger partial charge in [-0.25, -0.2) is 0 Å². The highest BCUT2D eigenvalue weighted by atomic mass is 32.2. The molecule has 0 N–H and O–H groups in total. The van der Waals surface area contributed by atoms with Crippen LogP contribution in [0, 0.1) is 0 Å². The summed E-state index contributed by atoms with van der Waals surface area (Å²) in [5.41, 5.74) is 7.77. The van der Waals surface area contributed by atoms with Crippen molar-refractivity contribution in [2.75, 3.05) is 0 Å². The van der Waals surface area contributed by atoms with Crippen LogP contribution >= 0.6 is 11.8 Å². The second kappa shape index (κ2) is 8.83. The number of benzene rings is 8. The van der Waals surface area contributed by atoms with E-state index >= 15 is 0 Å². The van der Waals surface area contributed by atoms with Crippen LogP contribution in [0.5, 0.6) is 0 Å². The fraction of sp³-hybridized carbons (Fsp3) is 0. The largest absolute Gasteiger partial charge is 0.0888 e. The van der Waals surface area contributed by atoms with E-state index < -0.39 is 0 Å². The van der Waals surface area contributed by atoms with Gasteiger partial charge in [-0.05, 0) is 95.3 Å². The fourth-order valence-electron chi connectivity index (χ4n) is 6.78. The highest BCUT2D eigenvalue weighted by molar-refractivity contribution is 7.99. The van der Waals surface area contributed by atoms with Gasteiger partial charge in [0.1, 0.15) is 0 Å². The van der Waals surface area contributed by atoms with E-state index in [1.54, 1.807) is 0 Å². The molecule has 0 bridgehead atoms. The molecule has 0 saturated heterocycles. The molecule has 0 amide bonds. The van der Waals surface area contributed by atoms with Crippen molar-refractivity contribution in [1.29, 1.82) is 0 Å². The van der Waals surface area contributed by atoms with E-state index in [9.17, 15) is 0 Å². The minimum Gasteiger partial charge on any atom is -0.0888 e. The van der Waals surface area contributed by atoms with E-state index in [4.69, 9.17) is 0 Å². The van der Waals surface area contributed by atoms with E-state index in [1.165, 1.54) is 86.3 Å². The Balaban J connectivity index is 1.33. The molecule has 1 aliphatic rings. The van der Waals surface area contributed by atoms with Crippen LogP contribution in [0.4, 0.5) is 0 Å². The normalized spacial score (nSPS) is 12.3. The molecule has 190 valence electrons. The lowest BCUT2D eigenvalue weighted by Crippen LogP contribution is -1.94. The Morgan fingerprint density at radius 1 is 0.341 bits per heavy atom. The van der Waals surface area contributed by atoms with E-state index in [2.05, 4.69) is 146 Å². The topological polar surface area (TPSA) is 0 Å². The molecule has 0 unspecified atom stereocenters. The van der Waals surface area contributed by atoms with Gasteiger partial charge in [0.05, 0.1) is 0 Å². The van der Waals surface area contributed by atoms with Crippen molar-refractivity contribution in [1.82, 2.24) is 0 Å². The third kappa shape index (κ3) is 3.43. The van der Waals surface area contributed by atoms with Crippen molar-refractivity contribution in [3.8, 4) is 33.4 Å². The molecule has 41 heavy (non-hydrogen) atoms. The fourth-order valence-corrected chi connectivity index (χ4v) is 7.91. The lowest BCUT2D eigenvalue weighted by atomic mass is 9.88. The standard InChI is InChI=1S/C40H24S/c1-2-9-26(10-3-1)39-30-12-5-4-11-27(30)24-36-34(39)20-19-25-17-18-28(23-35(25)36)29-21-22-38-40-32(29)14-8-15-33(40)31-13-6-7-16-37(31)41-38/h1-24H. The molecule has 9 rings (SSSR count). The molecule has 0 nitrogen and oxygen atoms in total. The maximum absolute atomic E-state index is 2.41. The van der Waals surface area contributed by atoms with Crippen molar-refractivity contribution >= 4 is 54.9 Å². The Kier molecular flexibility index (Phi) is 4.93. The molecule has 1 aliphatic heterocycles. The van der Waals surface area contributed by atoms with Crippen molar-refractivity contribution in [3.05, 3.63) is 146 Å². The Bertz CT molecular complexity index is 2330. The first-order chi connectivity index (χ1) is 20.3. The highest BCUT2D eigenvalue weighted by Gasteiger charge is 2.20. The summed E-state index contributed by atoms with van der Waals surface area (Å²) in [5, 5.41) is 10.4. The molecular formula is C40H24S. The average Bonchev–Trinajstić information content (AvgIpc) is 3.04. The molecule has 8 aromatic carbocycles. The van der Waals surface area contributed by atoms with Gasteiger partial charge in [0.15, 0.2) is 0 Å². The lowest BCUT2D eigenvalue weighted by molar-refractivity contribution is 1.40. The SMILES string of the molecule is c1ccc(-c2c3ccccc3cc3c2ccc2ccc(-c4ccc5c6c(cccc46)-c4ccccc4S5)cc23)cc1. The maximum atomic E-state index is 2.41. The predicted molar refractivity (Wildman–Crippen MR) is 177 cm³/mol. The van der Waals surface area contributed by atoms with Crippen molar-refractivity contribution in [2.24, 2.45) is 0 Å². The lowest BCUT2D eigenvalue weighted by Gasteiger charge is -2.21. The van der Waals surface area contributed by atoms with Crippen LogP contribution in [-0.4, -0.2) is 0 Å². The first kappa shape index (κ1) is 22.9. The summed E-state index contributed by atoms with van der Waals surface area (Å²) >= 11 is 1.88. The molecule has 0 aliphatic carbocycles. The van der Waals surface area contributed by atoms with E-state index in [1.807, 2.05) is 11.8 Å². The number of hydrogen-bond acceptors (Lipinski definition) is 1. The second-order valence-electron chi connectivity index (χ2n) is 10.9. The zero-order chi connectivity index (χ0) is 26.9. The van der Waals surface area contributed by atoms with Crippen LogP contribution in [0.3, 0.4) is 0 Å². The summed E-state index contributed by atoms with van der Waals surface area (Å²) in [6.07, 6.45) is 0. The zero-order valence-corrected chi connectivity index (χ0v) is 23.1. The van der Waals surface area contributed by atoms with Crippen LogP contribution in [0.15, 0.2) is 155 Å². The Morgan fingerprint density at radius 2 is 1.12 bits per heavy atom. The van der Waals surface area contributed by atoms with Gasteiger partial charge in [-0.2, -0.15) is 0 Å². The third-order valence-corrected chi connectivity index (χ3v) is 9.77. The summed E-state index contributed by atoms with van der Waals surface area (Å²) in [7, 11) is 0. The quantitative estimate of drug-likeness (QED) is 0.156. The molecule has 0 fully saturated rings. The minimum atomic E-state index is 1.26. The summed E-state index contributed by atoms with van der Waals surface area (Å²) < 4.78 is 0. The first-order valence-corrected chi connectivity index (χ1v) is 14.9. The Labute approximate surface area is 242 Å². The Hall–Kier alpha value is -4.85. The maximum Gasteiger partial charge on any atom is 0.0207 e. The van der Waals surface area contributed by atoms with Gasteiger partial charge in [0, 0.05) is 15.2 Å². The van der Waals surface area contributed by atoms with Gasteiger partial charge in [-0.1, -0.05) is 133 Å². The smallest absolute Gasteiger partial charge is 0.0207 e. The molecule has 0 radical (unpaired) electrons. The summed E-state index contributed by atoms with van der Waals surface area (Å²) in [6, 6.07) is 53.8. The molecule has 8 aromatic rings. The van der Waals surface area contributed by atoms with Crippen molar-refractivity contribution in [3.63, 3.8) is 0 Å². The molecule has 0 aromatic heterocycles. The molecule has 1 heterocycles. The highest BCUT2D eigenvalue weighted by Crippen LogP contribution is 2.50. The van der Waals surface area contributed by atoms with Gasteiger partial charge in [-0.15, -0.1) is 0 Å². The van der Waals surface area contributed by atoms with Gasteiger partial charge < -0.3 is 0 Å². The van der Waals surface area contributed by atoms with Crippen molar-refractivity contribution in [2.45, 2.75) is 9.79 Å². The average molecular weight is 537 g/mol. The third-order valence-electron chi connectivity index (χ3n) is 8.64. The second-order valence-corrected chi connectivity index (χ2v) is 12.0.